The van der Waals surface area contributed by atoms with E-state index >= 15 is 0 Å². The van der Waals surface area contributed by atoms with E-state index in [2.05, 4.69) is 5.16 Å². The Morgan fingerprint density at radius 1 is 1.28 bits per heavy atom. The number of carbonyl (C=O) groups excluding carboxylic acids is 1. The Labute approximate surface area is 193 Å². The first-order chi connectivity index (χ1) is 13.0. The van der Waals surface area contributed by atoms with Crippen molar-refractivity contribution in [3.63, 3.8) is 0 Å². The average molecular weight is 433 g/mol. The zero-order valence-electron chi connectivity index (χ0n) is 17.5. The number of nitrogens with zero attached hydrogens (tertiary/aromatic N) is 1. The molecule has 29 heavy (non-hydrogen) atoms. The molecule has 0 N–H and O–H groups in total. The summed E-state index contributed by atoms with van der Waals surface area (Å²) in [6.07, 6.45) is 1.48. The molecule has 1 aliphatic heterocycles. The van der Waals surface area contributed by atoms with Gasteiger partial charge < -0.3 is 24.2 Å². The molecule has 2 rings (SSSR count). The van der Waals surface area contributed by atoms with Crippen LogP contribution in [0, 0.1) is 0 Å². The summed E-state index contributed by atoms with van der Waals surface area (Å²) in [6, 6.07) is 6.39. The first kappa shape index (κ1) is 25.5. The molecule has 0 fully saturated rings. The maximum Gasteiger partial charge on any atom is 1.00 e. The minimum atomic E-state index is -3.32. The number of carboxylic acid groups (broad SMARTS) is 1. The number of rotatable bonds is 8. The van der Waals surface area contributed by atoms with Gasteiger partial charge in [0.05, 0.1) is 22.5 Å². The third-order valence-corrected chi connectivity index (χ3v) is 5.33. The zero-order chi connectivity index (χ0) is 21.1. The molecule has 1 aromatic rings. The molecule has 0 saturated heterocycles. The number of oxime groups is 1. The summed E-state index contributed by atoms with van der Waals surface area (Å²) in [7, 11) is -3.32. The number of hydrogen-bond acceptors (Lipinski definition) is 8. The average Bonchev–Trinajstić information content (AvgIpc) is 2.86. The molecule has 154 valence electrons. The van der Waals surface area contributed by atoms with E-state index in [0.717, 1.165) is 6.26 Å². The minimum absolute atomic E-state index is 0. The Morgan fingerprint density at radius 2 is 1.86 bits per heavy atom. The molecule has 1 aliphatic rings. The molecule has 0 aliphatic carbocycles. The first-order valence-corrected chi connectivity index (χ1v) is 10.7. The van der Waals surface area contributed by atoms with Crippen molar-refractivity contribution in [3.05, 3.63) is 35.6 Å². The molecule has 1 aromatic carbocycles. The Kier molecular flexibility index (Phi) is 8.76. The maximum absolute atomic E-state index is 11.7. The number of benzene rings is 1. The van der Waals surface area contributed by atoms with Gasteiger partial charge in [-0.25, -0.2) is 8.42 Å². The maximum atomic E-state index is 11.7. The molecule has 0 aromatic heterocycles. The van der Waals surface area contributed by atoms with Gasteiger partial charge in [0.25, 0.3) is 5.90 Å². The van der Waals surface area contributed by atoms with Crippen molar-refractivity contribution in [3.8, 4) is 0 Å². The van der Waals surface area contributed by atoms with E-state index in [1.54, 1.807) is 12.1 Å². The SMILES string of the molecule is CC[C@]1(C)O/C(=N\OCC(=O)[O-])C(OC(C)C)=C1c1ccc(S(C)(=O)=O)cc1.[Na+]. The van der Waals surface area contributed by atoms with Crippen LogP contribution in [0.1, 0.15) is 39.7 Å². The van der Waals surface area contributed by atoms with E-state index in [1.165, 1.54) is 12.1 Å². The summed E-state index contributed by atoms with van der Waals surface area (Å²) in [5.74, 6) is -1.06. The summed E-state index contributed by atoms with van der Waals surface area (Å²) >= 11 is 0. The molecule has 0 bridgehead atoms. The van der Waals surface area contributed by atoms with Crippen LogP contribution in [0.25, 0.3) is 5.57 Å². The van der Waals surface area contributed by atoms with Crippen molar-refractivity contribution >= 4 is 27.3 Å². The second-order valence-corrected chi connectivity index (χ2v) is 8.91. The monoisotopic (exact) mass is 433 g/mol. The van der Waals surface area contributed by atoms with Crippen molar-refractivity contribution in [2.24, 2.45) is 5.16 Å². The van der Waals surface area contributed by atoms with Crippen molar-refractivity contribution in [1.82, 2.24) is 0 Å². The van der Waals surface area contributed by atoms with Gasteiger partial charge in [0.15, 0.2) is 22.2 Å². The van der Waals surface area contributed by atoms with Crippen LogP contribution in [0.2, 0.25) is 0 Å². The summed E-state index contributed by atoms with van der Waals surface area (Å²) in [5, 5.41) is 14.3. The second kappa shape index (κ2) is 9.97. The van der Waals surface area contributed by atoms with Gasteiger partial charge in [-0.1, -0.05) is 19.1 Å². The van der Waals surface area contributed by atoms with Crippen LogP contribution < -0.4 is 34.7 Å². The number of aliphatic carboxylic acids is 1. The van der Waals surface area contributed by atoms with E-state index in [-0.39, 0.29) is 46.5 Å². The molecule has 0 spiro atoms. The minimum Gasteiger partial charge on any atom is -0.546 e. The van der Waals surface area contributed by atoms with Gasteiger partial charge in [-0.15, -0.1) is 0 Å². The van der Waals surface area contributed by atoms with E-state index in [0.29, 0.717) is 23.3 Å². The Bertz CT molecular complexity index is 907. The van der Waals surface area contributed by atoms with Crippen LogP contribution in [0.5, 0.6) is 0 Å². The number of hydrogen-bond donors (Lipinski definition) is 0. The fourth-order valence-electron chi connectivity index (χ4n) is 2.76. The van der Waals surface area contributed by atoms with Crippen LogP contribution in [-0.2, 0) is 28.9 Å². The van der Waals surface area contributed by atoms with Crippen molar-refractivity contribution < 1.29 is 62.2 Å². The van der Waals surface area contributed by atoms with Gasteiger partial charge in [0.1, 0.15) is 5.60 Å². The number of carbonyl (C=O) groups is 1. The standard InChI is InChI=1S/C19H25NO7S.Na/c1-6-19(4)16(13-7-9-14(10-8-13)28(5,23)24)17(26-12(2)3)18(27-19)20-25-11-15(21)22;/h7-10,12H,6,11H2,1-5H3,(H,21,22);/q;+1/p-1/b20-18-;/t19-;/m0./s1. The molecule has 0 amide bonds. The molecule has 0 saturated carbocycles. The van der Waals surface area contributed by atoms with Crippen molar-refractivity contribution in [2.75, 3.05) is 12.9 Å². The van der Waals surface area contributed by atoms with Crippen LogP contribution in [-0.4, -0.2) is 44.9 Å². The topological polar surface area (TPSA) is 114 Å². The molecule has 1 heterocycles. The van der Waals surface area contributed by atoms with Gasteiger partial charge in [0, 0.05) is 6.26 Å². The third-order valence-electron chi connectivity index (χ3n) is 4.20. The summed E-state index contributed by atoms with van der Waals surface area (Å²) in [5.41, 5.74) is 0.567. The van der Waals surface area contributed by atoms with Gasteiger partial charge in [-0.3, -0.25) is 0 Å². The molecule has 8 nitrogen and oxygen atoms in total. The Morgan fingerprint density at radius 3 is 2.31 bits per heavy atom. The summed E-state index contributed by atoms with van der Waals surface area (Å²) in [4.78, 5) is 15.6. The smallest absolute Gasteiger partial charge is 0.546 e. The number of sulfone groups is 1. The normalized spacial score (nSPS) is 20.4. The van der Waals surface area contributed by atoms with E-state index in [4.69, 9.17) is 14.3 Å². The van der Waals surface area contributed by atoms with Gasteiger partial charge in [-0.2, -0.15) is 0 Å². The van der Waals surface area contributed by atoms with E-state index in [9.17, 15) is 18.3 Å². The number of ether oxygens (including phenoxy) is 2. The summed E-state index contributed by atoms with van der Waals surface area (Å²) in [6.45, 7) is 6.71. The van der Waals surface area contributed by atoms with E-state index < -0.39 is 28.0 Å². The van der Waals surface area contributed by atoms with Crippen molar-refractivity contribution in [2.45, 2.75) is 50.7 Å². The second-order valence-electron chi connectivity index (χ2n) is 6.90. The van der Waals surface area contributed by atoms with Crippen LogP contribution in [0.4, 0.5) is 0 Å². The first-order valence-electron chi connectivity index (χ1n) is 8.79. The molecule has 10 heteroatoms. The predicted octanol–water partition coefficient (Wildman–Crippen LogP) is -1.49. The quantitative estimate of drug-likeness (QED) is 0.362. The summed E-state index contributed by atoms with van der Waals surface area (Å²) < 4.78 is 35.3. The predicted molar refractivity (Wildman–Crippen MR) is 101 cm³/mol. The van der Waals surface area contributed by atoms with Crippen LogP contribution in [0.3, 0.4) is 0 Å². The fraction of sp³-hybridized carbons (Fsp3) is 0.474. The molecule has 1 atom stereocenters. The van der Waals surface area contributed by atoms with Gasteiger partial charge in [0.2, 0.25) is 0 Å². The van der Waals surface area contributed by atoms with Crippen LogP contribution >= 0.6 is 0 Å². The zero-order valence-corrected chi connectivity index (χ0v) is 20.3. The third kappa shape index (κ3) is 6.21. The Hall–Kier alpha value is -1.55. The molecular formula is C19H24NNaO7S. The van der Waals surface area contributed by atoms with Gasteiger partial charge >= 0.3 is 29.6 Å². The van der Waals surface area contributed by atoms with Crippen molar-refractivity contribution in [1.29, 1.82) is 0 Å². The number of carboxylic acids is 1. The van der Waals surface area contributed by atoms with Gasteiger partial charge in [-0.05, 0) is 50.0 Å². The van der Waals surface area contributed by atoms with E-state index in [1.807, 2.05) is 27.7 Å². The Balaban J connectivity index is 0.00000420. The molecule has 0 radical (unpaired) electrons. The van der Waals surface area contributed by atoms with Crippen LogP contribution in [0.15, 0.2) is 40.1 Å². The largest absolute Gasteiger partial charge is 1.00 e. The molecule has 0 unspecified atom stereocenters. The fourth-order valence-corrected chi connectivity index (χ4v) is 3.39. The molecular weight excluding hydrogens is 409 g/mol.